The molecule has 0 aliphatic rings. The molecule has 1 aromatic rings. The Morgan fingerprint density at radius 3 is 2.19 bits per heavy atom. The lowest BCUT2D eigenvalue weighted by molar-refractivity contribution is -0.131. The molecule has 0 saturated heterocycles. The molecule has 88 valence electrons. The molecule has 0 radical (unpaired) electrons. The Balaban J connectivity index is 3.15. The first-order valence-corrected chi connectivity index (χ1v) is 4.05. The van der Waals surface area contributed by atoms with E-state index in [0.717, 1.165) is 0 Å². The molecule has 16 heavy (non-hydrogen) atoms. The molecule has 0 saturated carbocycles. The molecule has 0 amide bonds. The molecule has 1 atom stereocenters. The van der Waals surface area contributed by atoms with Crippen molar-refractivity contribution in [2.24, 2.45) is 0 Å². The molecule has 3 nitrogen and oxygen atoms in total. The number of ether oxygens (including phenoxy) is 1. The Kier molecular flexibility index (Phi) is 3.83. The second-order valence-electron chi connectivity index (χ2n) is 2.83. The van der Waals surface area contributed by atoms with Crippen LogP contribution in [0.25, 0.3) is 0 Å². The van der Waals surface area contributed by atoms with Crippen LogP contribution in [0.1, 0.15) is 11.7 Å². The van der Waals surface area contributed by atoms with E-state index in [4.69, 9.17) is 5.11 Å². The highest BCUT2D eigenvalue weighted by molar-refractivity contribution is 5.37. The Hall–Kier alpha value is -1.63. The van der Waals surface area contributed by atoms with Crippen LogP contribution in [-0.2, 0) is 9.53 Å². The van der Waals surface area contributed by atoms with Gasteiger partial charge in [0, 0.05) is 6.07 Å². The van der Waals surface area contributed by atoms with E-state index in [1.54, 1.807) is 0 Å². The van der Waals surface area contributed by atoms with Crippen LogP contribution < -0.4 is 0 Å². The van der Waals surface area contributed by atoms with Gasteiger partial charge in [0.25, 0.3) is 6.47 Å². The lowest BCUT2D eigenvalue weighted by atomic mass is 10.1. The lowest BCUT2D eigenvalue weighted by Gasteiger charge is -2.12. The van der Waals surface area contributed by atoms with E-state index in [-0.39, 0.29) is 12.5 Å². The smallest absolute Gasteiger partial charge is 0.293 e. The van der Waals surface area contributed by atoms with E-state index in [2.05, 4.69) is 4.74 Å². The van der Waals surface area contributed by atoms with Gasteiger partial charge in [-0.25, -0.2) is 17.6 Å². The number of carbonyl (C=O) groups is 1. The van der Waals surface area contributed by atoms with E-state index in [9.17, 15) is 22.4 Å². The summed E-state index contributed by atoms with van der Waals surface area (Å²) < 4.78 is 55.5. The summed E-state index contributed by atoms with van der Waals surface area (Å²) in [6, 6.07) is 0.0153. The van der Waals surface area contributed by atoms with Crippen molar-refractivity contribution in [1.29, 1.82) is 0 Å². The highest BCUT2D eigenvalue weighted by Crippen LogP contribution is 2.25. The number of aliphatic hydroxyl groups is 1. The van der Waals surface area contributed by atoms with Crippen molar-refractivity contribution in [3.8, 4) is 0 Å². The largest absolute Gasteiger partial charge is 0.465 e. The minimum atomic E-state index is -1.98. The predicted molar refractivity (Wildman–Crippen MR) is 43.2 cm³/mol. The topological polar surface area (TPSA) is 46.5 Å². The fourth-order valence-corrected chi connectivity index (χ4v) is 1.10. The van der Waals surface area contributed by atoms with E-state index in [0.29, 0.717) is 0 Å². The Morgan fingerprint density at radius 1 is 1.25 bits per heavy atom. The van der Waals surface area contributed by atoms with Crippen LogP contribution in [0.3, 0.4) is 0 Å². The molecular weight excluding hydrogens is 232 g/mol. The maximum atomic E-state index is 13.0. The minimum Gasteiger partial charge on any atom is -0.465 e. The molecule has 0 fully saturated rings. The van der Waals surface area contributed by atoms with Crippen molar-refractivity contribution in [2.75, 3.05) is 6.61 Å². The minimum absolute atomic E-state index is 0.0153. The zero-order valence-electron chi connectivity index (χ0n) is 7.71. The summed E-state index contributed by atoms with van der Waals surface area (Å²) in [7, 11) is 0. The molecule has 0 spiro atoms. The number of hydrogen-bond acceptors (Lipinski definition) is 3. The second-order valence-corrected chi connectivity index (χ2v) is 2.83. The Bertz CT molecular complexity index is 382. The SMILES string of the molecule is O=COCC(O)c1c(F)c(F)cc(F)c1F. The summed E-state index contributed by atoms with van der Waals surface area (Å²) in [6.45, 7) is -0.880. The highest BCUT2D eigenvalue weighted by Gasteiger charge is 2.25. The number of carbonyl (C=O) groups excluding carboxylic acids is 1. The normalized spacial score (nSPS) is 12.3. The average molecular weight is 238 g/mol. The van der Waals surface area contributed by atoms with E-state index in [1.807, 2.05) is 0 Å². The van der Waals surface area contributed by atoms with Gasteiger partial charge in [-0.1, -0.05) is 0 Å². The molecule has 0 aliphatic heterocycles. The summed E-state index contributed by atoms with van der Waals surface area (Å²) >= 11 is 0. The summed E-state index contributed by atoms with van der Waals surface area (Å²) in [5.74, 6) is -6.72. The predicted octanol–water partition coefficient (Wildman–Crippen LogP) is 1.45. The van der Waals surface area contributed by atoms with Gasteiger partial charge in [-0.05, 0) is 0 Å². The van der Waals surface area contributed by atoms with Gasteiger partial charge < -0.3 is 9.84 Å². The van der Waals surface area contributed by atoms with Crippen molar-refractivity contribution < 1.29 is 32.2 Å². The van der Waals surface area contributed by atoms with Gasteiger partial charge in [0.2, 0.25) is 0 Å². The average Bonchev–Trinajstić information content (AvgIpc) is 2.24. The first kappa shape index (κ1) is 12.4. The monoisotopic (exact) mass is 238 g/mol. The van der Waals surface area contributed by atoms with Gasteiger partial charge in [-0.3, -0.25) is 4.79 Å². The van der Waals surface area contributed by atoms with Gasteiger partial charge >= 0.3 is 0 Å². The van der Waals surface area contributed by atoms with Crippen LogP contribution >= 0.6 is 0 Å². The summed E-state index contributed by atoms with van der Waals surface area (Å²) in [4.78, 5) is 9.78. The zero-order valence-corrected chi connectivity index (χ0v) is 7.71. The number of aliphatic hydroxyl groups excluding tert-OH is 1. The molecule has 1 aromatic carbocycles. The van der Waals surface area contributed by atoms with Crippen LogP contribution in [0.4, 0.5) is 17.6 Å². The fourth-order valence-electron chi connectivity index (χ4n) is 1.10. The van der Waals surface area contributed by atoms with E-state index < -0.39 is 41.5 Å². The van der Waals surface area contributed by atoms with Gasteiger partial charge in [0.15, 0.2) is 23.3 Å². The van der Waals surface area contributed by atoms with Crippen molar-refractivity contribution in [3.05, 3.63) is 34.9 Å². The Morgan fingerprint density at radius 2 is 1.75 bits per heavy atom. The van der Waals surface area contributed by atoms with Crippen LogP contribution in [0, 0.1) is 23.3 Å². The zero-order chi connectivity index (χ0) is 12.3. The number of halogens is 4. The van der Waals surface area contributed by atoms with Gasteiger partial charge in [0.1, 0.15) is 12.7 Å². The first-order chi connectivity index (χ1) is 7.49. The van der Waals surface area contributed by atoms with Crippen LogP contribution in [0.15, 0.2) is 6.07 Å². The standard InChI is InChI=1S/C9H6F4O3/c10-4-1-5(11)9(13)7(8(4)12)6(15)2-16-3-14/h1,3,6,15H,2H2. The summed E-state index contributed by atoms with van der Waals surface area (Å²) in [6.07, 6.45) is -1.98. The molecule has 0 aromatic heterocycles. The second kappa shape index (κ2) is 4.93. The molecule has 7 heteroatoms. The third-order valence-electron chi connectivity index (χ3n) is 1.80. The maximum Gasteiger partial charge on any atom is 0.293 e. The molecular formula is C9H6F4O3. The molecule has 1 unspecified atom stereocenters. The van der Waals surface area contributed by atoms with Crippen molar-refractivity contribution in [1.82, 2.24) is 0 Å². The maximum absolute atomic E-state index is 13.0. The lowest BCUT2D eigenvalue weighted by Crippen LogP contribution is -2.13. The molecule has 1 rings (SSSR count). The van der Waals surface area contributed by atoms with E-state index >= 15 is 0 Å². The van der Waals surface area contributed by atoms with Crippen LogP contribution in [-0.4, -0.2) is 18.2 Å². The highest BCUT2D eigenvalue weighted by atomic mass is 19.2. The molecule has 0 bridgehead atoms. The third-order valence-corrected chi connectivity index (χ3v) is 1.80. The van der Waals surface area contributed by atoms with Gasteiger partial charge in [-0.2, -0.15) is 0 Å². The fraction of sp³-hybridized carbons (Fsp3) is 0.222. The third kappa shape index (κ3) is 2.30. The summed E-state index contributed by atoms with van der Waals surface area (Å²) in [5.41, 5.74) is -1.21. The first-order valence-electron chi connectivity index (χ1n) is 4.05. The van der Waals surface area contributed by atoms with Crippen molar-refractivity contribution in [2.45, 2.75) is 6.10 Å². The molecule has 1 N–H and O–H groups in total. The molecule has 0 aliphatic carbocycles. The quantitative estimate of drug-likeness (QED) is 0.490. The van der Waals surface area contributed by atoms with Gasteiger partial charge in [-0.15, -0.1) is 0 Å². The van der Waals surface area contributed by atoms with Crippen LogP contribution in [0.2, 0.25) is 0 Å². The Labute approximate surface area is 87.3 Å². The van der Waals surface area contributed by atoms with Crippen molar-refractivity contribution in [3.63, 3.8) is 0 Å². The van der Waals surface area contributed by atoms with Crippen LogP contribution in [0.5, 0.6) is 0 Å². The molecule has 0 heterocycles. The van der Waals surface area contributed by atoms with E-state index in [1.165, 1.54) is 0 Å². The number of rotatable bonds is 4. The van der Waals surface area contributed by atoms with Crippen molar-refractivity contribution >= 4 is 6.47 Å². The van der Waals surface area contributed by atoms with Gasteiger partial charge in [0.05, 0.1) is 5.56 Å². The number of benzene rings is 1. The summed E-state index contributed by atoms with van der Waals surface area (Å²) in [5, 5.41) is 9.16. The number of hydrogen-bond donors (Lipinski definition) is 1.